The van der Waals surface area contributed by atoms with Gasteiger partial charge in [-0.2, -0.15) is 0 Å². The average molecular weight is 386 g/mol. The average Bonchev–Trinajstić information content (AvgIpc) is 2.48. The van der Waals surface area contributed by atoms with E-state index in [-0.39, 0.29) is 17.9 Å². The van der Waals surface area contributed by atoms with Gasteiger partial charge in [0, 0.05) is 0 Å². The molecule has 7 heteroatoms. The lowest BCUT2D eigenvalue weighted by atomic mass is 10.2. The Kier molecular flexibility index (Phi) is 5.41. The molecule has 22 heavy (non-hydrogen) atoms. The number of halogens is 2. The van der Waals surface area contributed by atoms with Crippen LogP contribution in [0.2, 0.25) is 5.02 Å². The van der Waals surface area contributed by atoms with E-state index in [1.165, 1.54) is 18.2 Å². The van der Waals surface area contributed by atoms with Crippen LogP contribution in [0, 0.1) is 0 Å². The van der Waals surface area contributed by atoms with Crippen LogP contribution in [-0.4, -0.2) is 23.7 Å². The summed E-state index contributed by atoms with van der Waals surface area (Å²) in [6.45, 7) is -0.323. The normalized spacial score (nSPS) is 10.1. The lowest BCUT2D eigenvalue weighted by Gasteiger charge is -2.09. The maximum absolute atomic E-state index is 11.7. The Hall–Kier alpha value is -2.05. The molecule has 0 radical (unpaired) electrons. The Bertz CT molecular complexity index is 717. The molecular formula is C15H10BrClO5. The lowest BCUT2D eigenvalue weighted by molar-refractivity contribution is -0.136. The van der Waals surface area contributed by atoms with Crippen LogP contribution in [-0.2, 0) is 4.79 Å². The van der Waals surface area contributed by atoms with Crippen LogP contribution in [0.5, 0.6) is 11.5 Å². The summed E-state index contributed by atoms with van der Waals surface area (Å²) in [6.07, 6.45) is 0. The van der Waals surface area contributed by atoms with Gasteiger partial charge < -0.3 is 14.6 Å². The molecule has 0 unspecified atom stereocenters. The number of rotatable bonds is 5. The molecule has 5 nitrogen and oxygen atoms in total. The summed E-state index contributed by atoms with van der Waals surface area (Å²) < 4.78 is 10.7. The van der Waals surface area contributed by atoms with Crippen molar-refractivity contribution >= 4 is 39.5 Å². The highest BCUT2D eigenvalue weighted by molar-refractivity contribution is 9.10. The number of ether oxygens (including phenoxy) is 2. The SMILES string of the molecule is O=C(COc1ccccc1Cl)Oc1ccc(C(=O)O)cc1Br. The molecule has 0 aliphatic carbocycles. The molecule has 114 valence electrons. The number of carbonyl (C=O) groups is 2. The molecule has 0 saturated heterocycles. The highest BCUT2D eigenvalue weighted by Crippen LogP contribution is 2.27. The molecule has 2 aromatic carbocycles. The van der Waals surface area contributed by atoms with Crippen molar-refractivity contribution in [2.75, 3.05) is 6.61 Å². The molecule has 0 aromatic heterocycles. The first-order chi connectivity index (χ1) is 10.5. The van der Waals surface area contributed by atoms with E-state index in [1.54, 1.807) is 24.3 Å². The summed E-state index contributed by atoms with van der Waals surface area (Å²) in [5.74, 6) is -1.12. The Morgan fingerprint density at radius 1 is 1.14 bits per heavy atom. The summed E-state index contributed by atoms with van der Waals surface area (Å²) in [5.41, 5.74) is 0.0824. The maximum atomic E-state index is 11.7. The quantitative estimate of drug-likeness (QED) is 0.626. The summed E-state index contributed by atoms with van der Waals surface area (Å²) in [4.78, 5) is 22.6. The van der Waals surface area contributed by atoms with Crippen molar-refractivity contribution in [1.29, 1.82) is 0 Å². The van der Waals surface area contributed by atoms with Gasteiger partial charge in [0.05, 0.1) is 15.1 Å². The molecule has 2 aromatic rings. The molecule has 0 fully saturated rings. The second-order valence-corrected chi connectivity index (χ2v) is 5.41. The predicted octanol–water partition coefficient (Wildman–Crippen LogP) is 3.79. The van der Waals surface area contributed by atoms with Crippen molar-refractivity contribution in [2.45, 2.75) is 0 Å². The zero-order valence-corrected chi connectivity index (χ0v) is 13.4. The smallest absolute Gasteiger partial charge is 0.349 e. The Balaban J connectivity index is 1.98. The number of carboxylic acid groups (broad SMARTS) is 1. The topological polar surface area (TPSA) is 72.8 Å². The van der Waals surface area contributed by atoms with E-state index >= 15 is 0 Å². The number of hydrogen-bond acceptors (Lipinski definition) is 4. The highest BCUT2D eigenvalue weighted by Gasteiger charge is 2.12. The minimum Gasteiger partial charge on any atom is -0.480 e. The molecule has 0 bridgehead atoms. The number of carbonyl (C=O) groups excluding carboxylic acids is 1. The number of para-hydroxylation sites is 1. The van der Waals surface area contributed by atoms with Gasteiger partial charge >= 0.3 is 11.9 Å². The number of aromatic carboxylic acids is 1. The van der Waals surface area contributed by atoms with Gasteiger partial charge in [-0.15, -0.1) is 0 Å². The van der Waals surface area contributed by atoms with Crippen LogP contribution in [0.3, 0.4) is 0 Å². The van der Waals surface area contributed by atoms with Gasteiger partial charge in [0.2, 0.25) is 0 Å². The van der Waals surface area contributed by atoms with Crippen LogP contribution in [0.15, 0.2) is 46.9 Å². The van der Waals surface area contributed by atoms with E-state index in [1.807, 2.05) is 0 Å². The third kappa shape index (κ3) is 4.22. The molecule has 0 spiro atoms. The van der Waals surface area contributed by atoms with E-state index in [4.69, 9.17) is 26.2 Å². The molecule has 0 saturated carbocycles. The van der Waals surface area contributed by atoms with Crippen LogP contribution in [0.4, 0.5) is 0 Å². The molecule has 0 heterocycles. The second-order valence-electron chi connectivity index (χ2n) is 4.14. The first-order valence-electron chi connectivity index (χ1n) is 6.08. The number of hydrogen-bond donors (Lipinski definition) is 1. The fraction of sp³-hybridized carbons (Fsp3) is 0.0667. The fourth-order valence-corrected chi connectivity index (χ4v) is 2.22. The zero-order valence-electron chi connectivity index (χ0n) is 11.1. The summed E-state index contributed by atoms with van der Waals surface area (Å²) >= 11 is 9.05. The standard InChI is InChI=1S/C15H10BrClO5/c16-10-7-9(15(19)20)5-6-12(10)22-14(18)8-21-13-4-2-1-3-11(13)17/h1-7H,8H2,(H,19,20). The summed E-state index contributed by atoms with van der Waals surface area (Å²) in [7, 11) is 0. The second kappa shape index (κ2) is 7.29. The summed E-state index contributed by atoms with van der Waals surface area (Å²) in [6, 6.07) is 10.8. The first kappa shape index (κ1) is 16.3. The van der Waals surface area contributed by atoms with Gasteiger partial charge in [0.15, 0.2) is 6.61 Å². The number of carboxylic acids is 1. The Morgan fingerprint density at radius 2 is 1.86 bits per heavy atom. The third-order valence-electron chi connectivity index (χ3n) is 2.58. The fourth-order valence-electron chi connectivity index (χ4n) is 1.57. The van der Waals surface area contributed by atoms with Crippen LogP contribution in [0.25, 0.3) is 0 Å². The van der Waals surface area contributed by atoms with E-state index in [0.29, 0.717) is 15.2 Å². The lowest BCUT2D eigenvalue weighted by Crippen LogP contribution is -2.18. The van der Waals surface area contributed by atoms with Crippen molar-refractivity contribution < 1.29 is 24.2 Å². The van der Waals surface area contributed by atoms with Gasteiger partial charge in [-0.3, -0.25) is 0 Å². The minimum absolute atomic E-state index is 0.0824. The van der Waals surface area contributed by atoms with Gasteiger partial charge in [-0.1, -0.05) is 23.7 Å². The van der Waals surface area contributed by atoms with Gasteiger partial charge in [0.1, 0.15) is 11.5 Å². The highest BCUT2D eigenvalue weighted by atomic mass is 79.9. The van der Waals surface area contributed by atoms with Crippen LogP contribution >= 0.6 is 27.5 Å². The molecule has 2 rings (SSSR count). The van der Waals surface area contributed by atoms with Gasteiger partial charge in [-0.25, -0.2) is 9.59 Å². The molecular weight excluding hydrogens is 376 g/mol. The number of esters is 1. The third-order valence-corrected chi connectivity index (χ3v) is 3.52. The maximum Gasteiger partial charge on any atom is 0.349 e. The van der Waals surface area contributed by atoms with E-state index < -0.39 is 11.9 Å². The van der Waals surface area contributed by atoms with E-state index in [9.17, 15) is 9.59 Å². The first-order valence-corrected chi connectivity index (χ1v) is 7.25. The minimum atomic E-state index is -1.07. The van der Waals surface area contributed by atoms with Crippen molar-refractivity contribution in [2.24, 2.45) is 0 Å². The van der Waals surface area contributed by atoms with Crippen molar-refractivity contribution in [3.8, 4) is 11.5 Å². The Morgan fingerprint density at radius 3 is 2.50 bits per heavy atom. The van der Waals surface area contributed by atoms with Crippen molar-refractivity contribution in [1.82, 2.24) is 0 Å². The number of benzene rings is 2. The largest absolute Gasteiger partial charge is 0.480 e. The van der Waals surface area contributed by atoms with Crippen molar-refractivity contribution in [3.05, 3.63) is 57.5 Å². The van der Waals surface area contributed by atoms with E-state index in [2.05, 4.69) is 15.9 Å². The molecule has 0 aliphatic rings. The monoisotopic (exact) mass is 384 g/mol. The van der Waals surface area contributed by atoms with Gasteiger partial charge in [-0.05, 0) is 46.3 Å². The van der Waals surface area contributed by atoms with Crippen LogP contribution in [0.1, 0.15) is 10.4 Å². The predicted molar refractivity (Wildman–Crippen MR) is 83.7 cm³/mol. The van der Waals surface area contributed by atoms with Crippen LogP contribution < -0.4 is 9.47 Å². The molecule has 0 aliphatic heterocycles. The molecule has 1 N–H and O–H groups in total. The Labute approximate surface area is 139 Å². The van der Waals surface area contributed by atoms with Gasteiger partial charge in [0.25, 0.3) is 0 Å². The zero-order chi connectivity index (χ0) is 16.1. The summed E-state index contributed by atoms with van der Waals surface area (Å²) in [5, 5.41) is 9.25. The molecule has 0 atom stereocenters. The van der Waals surface area contributed by atoms with Crippen molar-refractivity contribution in [3.63, 3.8) is 0 Å². The molecule has 0 amide bonds. The van der Waals surface area contributed by atoms with E-state index in [0.717, 1.165) is 0 Å².